The summed E-state index contributed by atoms with van der Waals surface area (Å²) >= 11 is 3.10. The van der Waals surface area contributed by atoms with Crippen molar-refractivity contribution in [3.8, 4) is 0 Å². The largest absolute Gasteiger partial charge is 0.363 e. The van der Waals surface area contributed by atoms with E-state index in [1.165, 1.54) is 12.1 Å². The second-order valence-corrected chi connectivity index (χ2v) is 7.42. The van der Waals surface area contributed by atoms with E-state index in [1.807, 2.05) is 16.7 Å². The van der Waals surface area contributed by atoms with Crippen LogP contribution in [0.3, 0.4) is 0 Å². The minimum atomic E-state index is -0.529. The summed E-state index contributed by atoms with van der Waals surface area (Å²) in [7, 11) is 0. The third-order valence-corrected chi connectivity index (χ3v) is 5.43. The first-order valence-electron chi connectivity index (χ1n) is 8.20. The van der Waals surface area contributed by atoms with Crippen LogP contribution >= 0.6 is 15.9 Å². The Morgan fingerprint density at radius 1 is 1.25 bits per heavy atom. The summed E-state index contributed by atoms with van der Waals surface area (Å²) < 4.78 is 34.2. The lowest BCUT2D eigenvalue weighted by atomic mass is 9.89. The average Bonchev–Trinajstić information content (AvgIpc) is 2.55. The summed E-state index contributed by atoms with van der Waals surface area (Å²) in [6.07, 6.45) is 1.52. The molecule has 0 aliphatic carbocycles. The van der Waals surface area contributed by atoms with Crippen LogP contribution in [0.2, 0.25) is 0 Å². The quantitative estimate of drug-likeness (QED) is 0.778. The number of likely N-dealkylation sites (N-methyl/N-ethyl adjacent to an activating group) is 1. The molecule has 24 heavy (non-hydrogen) atoms. The van der Waals surface area contributed by atoms with Crippen LogP contribution in [0.1, 0.15) is 25.3 Å². The van der Waals surface area contributed by atoms with Crippen molar-refractivity contribution in [1.82, 2.24) is 9.80 Å². The Kier molecular flexibility index (Phi) is 5.22. The van der Waals surface area contributed by atoms with Crippen molar-refractivity contribution in [3.63, 3.8) is 0 Å². The van der Waals surface area contributed by atoms with Crippen LogP contribution in [0.5, 0.6) is 0 Å². The predicted molar refractivity (Wildman–Crippen MR) is 89.5 cm³/mol. The van der Waals surface area contributed by atoms with E-state index in [2.05, 4.69) is 15.9 Å². The zero-order valence-corrected chi connectivity index (χ0v) is 15.2. The fourth-order valence-electron chi connectivity index (χ4n) is 3.44. The molecule has 2 aliphatic heterocycles. The van der Waals surface area contributed by atoms with Gasteiger partial charge in [0.2, 0.25) is 5.91 Å². The minimum Gasteiger partial charge on any atom is -0.363 e. The first-order chi connectivity index (χ1) is 11.4. The van der Waals surface area contributed by atoms with Gasteiger partial charge in [0, 0.05) is 42.8 Å². The summed E-state index contributed by atoms with van der Waals surface area (Å²) in [6, 6.07) is 2.58. The number of rotatable bonds is 3. The van der Waals surface area contributed by atoms with E-state index >= 15 is 0 Å². The van der Waals surface area contributed by atoms with Gasteiger partial charge in [-0.2, -0.15) is 0 Å². The van der Waals surface area contributed by atoms with Crippen molar-refractivity contribution in [2.24, 2.45) is 0 Å². The molecule has 1 aromatic rings. The van der Waals surface area contributed by atoms with E-state index in [4.69, 9.17) is 4.74 Å². The van der Waals surface area contributed by atoms with E-state index in [9.17, 15) is 13.6 Å². The highest BCUT2D eigenvalue weighted by Gasteiger charge is 2.41. The number of amides is 1. The third-order valence-electron chi connectivity index (χ3n) is 4.97. The van der Waals surface area contributed by atoms with Gasteiger partial charge in [0.15, 0.2) is 0 Å². The summed E-state index contributed by atoms with van der Waals surface area (Å²) in [6.45, 7) is 5.02. The van der Waals surface area contributed by atoms with E-state index < -0.39 is 11.6 Å². The molecule has 0 aromatic heterocycles. The summed E-state index contributed by atoms with van der Waals surface area (Å²) in [5.41, 5.74) is -0.207. The van der Waals surface area contributed by atoms with Gasteiger partial charge in [0.05, 0.1) is 5.60 Å². The predicted octanol–water partition coefficient (Wildman–Crippen LogP) is 2.94. The number of carbonyl (C=O) groups is 1. The van der Waals surface area contributed by atoms with Gasteiger partial charge >= 0.3 is 0 Å². The highest BCUT2D eigenvalue weighted by atomic mass is 79.9. The first kappa shape index (κ1) is 17.8. The monoisotopic (exact) mass is 402 g/mol. The highest BCUT2D eigenvalue weighted by Crippen LogP contribution is 2.31. The van der Waals surface area contributed by atoms with Gasteiger partial charge < -0.3 is 9.64 Å². The minimum absolute atomic E-state index is 0.0320. The SMILES string of the molecule is CCN1CC2(CCN(Cc3c(F)cc(Br)cc3F)CC2)OCC1=O. The Morgan fingerprint density at radius 3 is 2.46 bits per heavy atom. The Balaban J connectivity index is 1.63. The smallest absolute Gasteiger partial charge is 0.248 e. The number of ether oxygens (including phenoxy) is 1. The molecular weight excluding hydrogens is 382 g/mol. The highest BCUT2D eigenvalue weighted by molar-refractivity contribution is 9.10. The van der Waals surface area contributed by atoms with E-state index in [-0.39, 0.29) is 30.2 Å². The van der Waals surface area contributed by atoms with Crippen LogP contribution in [-0.4, -0.2) is 54.1 Å². The fraction of sp³-hybridized carbons (Fsp3) is 0.588. The number of benzene rings is 1. The van der Waals surface area contributed by atoms with E-state index in [0.29, 0.717) is 30.7 Å². The maximum Gasteiger partial charge on any atom is 0.248 e. The lowest BCUT2D eigenvalue weighted by Gasteiger charge is -2.46. The topological polar surface area (TPSA) is 32.8 Å². The number of nitrogens with zero attached hydrogens (tertiary/aromatic N) is 2. The molecule has 2 saturated heterocycles. The standard InChI is InChI=1S/C17H21BrF2N2O2/c1-2-22-11-17(24-10-16(22)23)3-5-21(6-4-17)9-13-14(19)7-12(18)8-15(13)20/h7-8H,2-6,9-11H2,1H3. The molecule has 2 fully saturated rings. The second-order valence-electron chi connectivity index (χ2n) is 6.50. The molecule has 7 heteroatoms. The fourth-order valence-corrected chi connectivity index (χ4v) is 3.85. The van der Waals surface area contributed by atoms with Crippen molar-refractivity contribution >= 4 is 21.8 Å². The van der Waals surface area contributed by atoms with E-state index in [0.717, 1.165) is 12.8 Å². The molecule has 132 valence electrons. The molecule has 0 atom stereocenters. The number of likely N-dealkylation sites (tertiary alicyclic amines) is 1. The molecule has 1 aromatic carbocycles. The Labute approximate surface area is 148 Å². The van der Waals surface area contributed by atoms with Gasteiger partial charge in [-0.05, 0) is 31.9 Å². The van der Waals surface area contributed by atoms with Crippen LogP contribution in [0.4, 0.5) is 8.78 Å². The number of hydrogen-bond acceptors (Lipinski definition) is 3. The molecular formula is C17H21BrF2N2O2. The number of halogens is 3. The first-order valence-corrected chi connectivity index (χ1v) is 8.99. The Bertz CT molecular complexity index is 610. The summed E-state index contributed by atoms with van der Waals surface area (Å²) in [5, 5.41) is 0. The molecule has 0 radical (unpaired) electrons. The number of carbonyl (C=O) groups excluding carboxylic acids is 1. The molecule has 0 saturated carbocycles. The molecule has 2 heterocycles. The van der Waals surface area contributed by atoms with Crippen LogP contribution in [0, 0.1) is 11.6 Å². The van der Waals surface area contributed by atoms with Crippen LogP contribution in [0.25, 0.3) is 0 Å². The van der Waals surface area contributed by atoms with Crippen molar-refractivity contribution in [2.75, 3.05) is 32.8 Å². The molecule has 0 bridgehead atoms. The molecule has 1 amide bonds. The average molecular weight is 403 g/mol. The third kappa shape index (κ3) is 3.63. The van der Waals surface area contributed by atoms with Crippen molar-refractivity contribution < 1.29 is 18.3 Å². The number of hydrogen-bond donors (Lipinski definition) is 0. The molecule has 3 rings (SSSR count). The van der Waals surface area contributed by atoms with Gasteiger partial charge in [0.25, 0.3) is 0 Å². The number of piperidine rings is 1. The zero-order valence-electron chi connectivity index (χ0n) is 13.7. The van der Waals surface area contributed by atoms with Gasteiger partial charge in [-0.1, -0.05) is 15.9 Å². The molecule has 0 unspecified atom stereocenters. The number of morpholine rings is 1. The van der Waals surface area contributed by atoms with Gasteiger partial charge in [-0.25, -0.2) is 8.78 Å². The molecule has 2 aliphatic rings. The van der Waals surface area contributed by atoms with E-state index in [1.54, 1.807) is 0 Å². The van der Waals surface area contributed by atoms with Crippen LogP contribution in [0.15, 0.2) is 16.6 Å². The lowest BCUT2D eigenvalue weighted by molar-refractivity contribution is -0.171. The Hall–Kier alpha value is -1.05. The van der Waals surface area contributed by atoms with Gasteiger partial charge in [-0.3, -0.25) is 9.69 Å². The second kappa shape index (κ2) is 7.06. The molecule has 0 N–H and O–H groups in total. The van der Waals surface area contributed by atoms with Crippen molar-refractivity contribution in [2.45, 2.75) is 31.9 Å². The lowest BCUT2D eigenvalue weighted by Crippen LogP contribution is -2.58. The van der Waals surface area contributed by atoms with Crippen LogP contribution < -0.4 is 0 Å². The Morgan fingerprint density at radius 2 is 1.88 bits per heavy atom. The van der Waals surface area contributed by atoms with Gasteiger partial charge in [0.1, 0.15) is 18.2 Å². The van der Waals surface area contributed by atoms with Crippen LogP contribution in [-0.2, 0) is 16.1 Å². The zero-order chi connectivity index (χ0) is 17.3. The molecule has 1 spiro atoms. The van der Waals surface area contributed by atoms with Gasteiger partial charge in [-0.15, -0.1) is 0 Å². The maximum atomic E-state index is 14.0. The van der Waals surface area contributed by atoms with Crippen molar-refractivity contribution in [1.29, 1.82) is 0 Å². The molecule has 4 nitrogen and oxygen atoms in total. The maximum absolute atomic E-state index is 14.0. The normalized spacial score (nSPS) is 21.5. The van der Waals surface area contributed by atoms with Crippen molar-refractivity contribution in [3.05, 3.63) is 33.8 Å². The summed E-state index contributed by atoms with van der Waals surface area (Å²) in [5.74, 6) is -1.03. The summed E-state index contributed by atoms with van der Waals surface area (Å²) in [4.78, 5) is 15.6.